The van der Waals surface area contributed by atoms with E-state index in [2.05, 4.69) is 26.9 Å². The van der Waals surface area contributed by atoms with E-state index >= 15 is 0 Å². The van der Waals surface area contributed by atoms with Gasteiger partial charge in [-0.1, -0.05) is 41.3 Å². The van der Waals surface area contributed by atoms with E-state index in [0.29, 0.717) is 23.1 Å². The molecule has 0 spiro atoms. The van der Waals surface area contributed by atoms with Crippen molar-refractivity contribution in [3.8, 4) is 5.75 Å². The molecule has 0 aliphatic carbocycles. The molecule has 0 aliphatic rings. The lowest BCUT2D eigenvalue weighted by Crippen LogP contribution is -2.33. The third-order valence-corrected chi connectivity index (χ3v) is 6.49. The fourth-order valence-corrected chi connectivity index (χ4v) is 4.74. The second-order valence-electron chi connectivity index (χ2n) is 5.40. The molecule has 10 heteroatoms. The number of para-hydroxylation sites is 1. The summed E-state index contributed by atoms with van der Waals surface area (Å²) in [4.78, 5) is 25.6. The summed E-state index contributed by atoms with van der Waals surface area (Å²) in [6.07, 6.45) is 0. The summed E-state index contributed by atoms with van der Waals surface area (Å²) < 4.78 is 6.21. The maximum absolute atomic E-state index is 12.3. The molecule has 2 heterocycles. The van der Waals surface area contributed by atoms with E-state index in [4.69, 9.17) is 4.74 Å². The lowest BCUT2D eigenvalue weighted by atomic mass is 10.2. The van der Waals surface area contributed by atoms with E-state index in [-0.39, 0.29) is 18.4 Å². The third kappa shape index (κ3) is 5.78. The first kappa shape index (κ1) is 20.3. The summed E-state index contributed by atoms with van der Waals surface area (Å²) in [5.41, 5.74) is 0.389. The van der Waals surface area contributed by atoms with Gasteiger partial charge in [0, 0.05) is 10.6 Å². The first-order chi connectivity index (χ1) is 13.7. The fraction of sp³-hybridized carbons (Fsp3) is 0.222. The summed E-state index contributed by atoms with van der Waals surface area (Å²) in [6.45, 7) is 2.13. The maximum Gasteiger partial charge on any atom is 0.255 e. The molecule has 7 nitrogen and oxygen atoms in total. The highest BCUT2D eigenvalue weighted by molar-refractivity contribution is 8.00. The van der Waals surface area contributed by atoms with Crippen LogP contribution < -0.4 is 15.4 Å². The first-order valence-electron chi connectivity index (χ1n) is 8.44. The minimum absolute atomic E-state index is 0.170. The van der Waals surface area contributed by atoms with Crippen molar-refractivity contribution in [2.75, 3.05) is 18.5 Å². The van der Waals surface area contributed by atoms with E-state index in [0.717, 1.165) is 10.1 Å². The number of anilines is 1. The van der Waals surface area contributed by atoms with Crippen LogP contribution in [0.2, 0.25) is 0 Å². The number of nitrogens with one attached hydrogen (secondary N) is 2. The molecular formula is C18H18N4O3S3. The summed E-state index contributed by atoms with van der Waals surface area (Å²) in [7, 11) is 0. The highest BCUT2D eigenvalue weighted by atomic mass is 32.2. The normalized spacial score (nSPS) is 10.5. The molecular weight excluding hydrogens is 416 g/mol. The number of carbonyl (C=O) groups is 2. The van der Waals surface area contributed by atoms with Gasteiger partial charge in [-0.15, -0.1) is 21.5 Å². The average molecular weight is 435 g/mol. The van der Waals surface area contributed by atoms with Crippen molar-refractivity contribution in [1.82, 2.24) is 15.5 Å². The van der Waals surface area contributed by atoms with E-state index in [1.807, 2.05) is 18.4 Å². The highest BCUT2D eigenvalue weighted by Crippen LogP contribution is 2.29. The van der Waals surface area contributed by atoms with Gasteiger partial charge in [0.05, 0.1) is 18.7 Å². The molecule has 146 valence electrons. The summed E-state index contributed by atoms with van der Waals surface area (Å²) in [5.74, 6) is 0.562. The second kappa shape index (κ2) is 10.2. The van der Waals surface area contributed by atoms with Gasteiger partial charge in [0.15, 0.2) is 4.34 Å². The van der Waals surface area contributed by atoms with E-state index < -0.39 is 0 Å². The van der Waals surface area contributed by atoms with Crippen molar-refractivity contribution < 1.29 is 14.3 Å². The predicted octanol–water partition coefficient (Wildman–Crippen LogP) is 3.66. The van der Waals surface area contributed by atoms with Crippen molar-refractivity contribution in [1.29, 1.82) is 0 Å². The zero-order valence-corrected chi connectivity index (χ0v) is 17.5. The Kier molecular flexibility index (Phi) is 7.40. The lowest BCUT2D eigenvalue weighted by Gasteiger charge is -2.10. The molecule has 3 aromatic rings. The highest BCUT2D eigenvalue weighted by Gasteiger charge is 2.14. The Balaban J connectivity index is 1.47. The lowest BCUT2D eigenvalue weighted by molar-refractivity contribution is -0.115. The molecule has 2 aromatic heterocycles. The van der Waals surface area contributed by atoms with Crippen LogP contribution in [0.5, 0.6) is 5.75 Å². The van der Waals surface area contributed by atoms with Gasteiger partial charge in [0.2, 0.25) is 11.0 Å². The van der Waals surface area contributed by atoms with Crippen LogP contribution in [0.1, 0.15) is 22.2 Å². The van der Waals surface area contributed by atoms with Gasteiger partial charge in [-0.25, -0.2) is 0 Å². The number of nitrogens with zero attached hydrogens (tertiary/aromatic N) is 2. The average Bonchev–Trinajstić information content (AvgIpc) is 3.37. The van der Waals surface area contributed by atoms with Crippen molar-refractivity contribution in [3.63, 3.8) is 0 Å². The van der Waals surface area contributed by atoms with Crippen molar-refractivity contribution in [2.45, 2.75) is 17.0 Å². The molecule has 0 fully saturated rings. The molecule has 28 heavy (non-hydrogen) atoms. The van der Waals surface area contributed by atoms with Crippen LogP contribution in [-0.4, -0.2) is 35.2 Å². The van der Waals surface area contributed by atoms with Crippen LogP contribution >= 0.6 is 34.4 Å². The SMILES string of the molecule is CCOc1ccccc1C(=O)NCC(=O)Nc1nnc(SCc2cccs2)s1. The van der Waals surface area contributed by atoms with E-state index in [1.54, 1.807) is 47.4 Å². The van der Waals surface area contributed by atoms with Gasteiger partial charge in [0.1, 0.15) is 5.75 Å². The molecule has 0 unspecified atom stereocenters. The molecule has 0 bridgehead atoms. The van der Waals surface area contributed by atoms with Gasteiger partial charge >= 0.3 is 0 Å². The van der Waals surface area contributed by atoms with Crippen LogP contribution in [0.25, 0.3) is 0 Å². The Labute approximate surface area is 174 Å². The van der Waals surface area contributed by atoms with Crippen molar-refractivity contribution in [2.24, 2.45) is 0 Å². The number of aromatic nitrogens is 2. The van der Waals surface area contributed by atoms with Gasteiger partial charge in [-0.3, -0.25) is 14.9 Å². The summed E-state index contributed by atoms with van der Waals surface area (Å²) >= 11 is 4.56. The molecule has 0 radical (unpaired) electrons. The molecule has 2 N–H and O–H groups in total. The van der Waals surface area contributed by atoms with Gasteiger partial charge in [-0.05, 0) is 30.5 Å². The fourth-order valence-electron chi connectivity index (χ4n) is 2.20. The summed E-state index contributed by atoms with van der Waals surface area (Å²) in [6, 6.07) is 11.0. The molecule has 0 aliphatic heterocycles. The number of ether oxygens (including phenoxy) is 1. The molecule has 3 rings (SSSR count). The Morgan fingerprint density at radius 1 is 1.18 bits per heavy atom. The Hall–Kier alpha value is -2.43. The van der Waals surface area contributed by atoms with Crippen LogP contribution in [-0.2, 0) is 10.5 Å². The Morgan fingerprint density at radius 2 is 2.04 bits per heavy atom. The van der Waals surface area contributed by atoms with Gasteiger partial charge < -0.3 is 10.1 Å². The number of carbonyl (C=O) groups excluding carboxylic acids is 2. The minimum atomic E-state index is -0.372. The number of benzene rings is 1. The number of amides is 2. The first-order valence-corrected chi connectivity index (χ1v) is 11.1. The number of rotatable bonds is 9. The number of hydrogen-bond donors (Lipinski definition) is 2. The van der Waals surface area contributed by atoms with Crippen LogP contribution in [0.3, 0.4) is 0 Å². The van der Waals surface area contributed by atoms with Crippen LogP contribution in [0.15, 0.2) is 46.1 Å². The zero-order chi connectivity index (χ0) is 19.8. The predicted molar refractivity (Wildman–Crippen MR) is 112 cm³/mol. The zero-order valence-electron chi connectivity index (χ0n) is 15.0. The van der Waals surface area contributed by atoms with Crippen molar-refractivity contribution >= 4 is 51.4 Å². The van der Waals surface area contributed by atoms with Crippen LogP contribution in [0.4, 0.5) is 5.13 Å². The number of thioether (sulfide) groups is 1. The standard InChI is InChI=1S/C18H18N4O3S3/c1-2-25-14-8-4-3-7-13(14)16(24)19-10-15(23)20-17-21-22-18(28-17)27-11-12-6-5-9-26-12/h3-9H,2,10-11H2,1H3,(H,19,24)(H,20,21,23). The van der Waals surface area contributed by atoms with Crippen LogP contribution in [0, 0.1) is 0 Å². The molecule has 2 amide bonds. The Bertz CT molecular complexity index is 928. The number of hydrogen-bond acceptors (Lipinski definition) is 8. The molecule has 0 atom stereocenters. The largest absolute Gasteiger partial charge is 0.493 e. The van der Waals surface area contributed by atoms with Gasteiger partial charge in [0.25, 0.3) is 5.91 Å². The minimum Gasteiger partial charge on any atom is -0.493 e. The molecule has 0 saturated heterocycles. The smallest absolute Gasteiger partial charge is 0.255 e. The monoisotopic (exact) mass is 434 g/mol. The quantitative estimate of drug-likeness (QED) is 0.394. The van der Waals surface area contributed by atoms with Crippen molar-refractivity contribution in [3.05, 3.63) is 52.2 Å². The van der Waals surface area contributed by atoms with Gasteiger partial charge in [-0.2, -0.15) is 0 Å². The number of thiophene rings is 1. The maximum atomic E-state index is 12.3. The molecule has 0 saturated carbocycles. The topological polar surface area (TPSA) is 93.2 Å². The molecule has 1 aromatic carbocycles. The third-order valence-electron chi connectivity index (χ3n) is 3.41. The van der Waals surface area contributed by atoms with E-state index in [1.165, 1.54) is 16.2 Å². The summed E-state index contributed by atoms with van der Waals surface area (Å²) in [5, 5.41) is 15.7. The van der Waals surface area contributed by atoms with E-state index in [9.17, 15) is 9.59 Å². The Morgan fingerprint density at radius 3 is 2.82 bits per heavy atom. The second-order valence-corrected chi connectivity index (χ2v) is 8.63.